The molecule has 114 valence electrons. The van der Waals surface area contributed by atoms with Gasteiger partial charge in [0, 0.05) is 18.2 Å². The Bertz CT molecular complexity index is 711. The lowest BCUT2D eigenvalue weighted by atomic mass is 10.1. The summed E-state index contributed by atoms with van der Waals surface area (Å²) < 4.78 is 5.25. The largest absolute Gasteiger partial charge is 0.495 e. The van der Waals surface area contributed by atoms with Crippen LogP contribution in [0.1, 0.15) is 26.3 Å². The van der Waals surface area contributed by atoms with Crippen LogP contribution in [-0.4, -0.2) is 26.0 Å². The van der Waals surface area contributed by atoms with E-state index < -0.39 is 0 Å². The van der Waals surface area contributed by atoms with Gasteiger partial charge < -0.3 is 15.4 Å². The molecular weight excluding hydrogens is 280 g/mol. The maximum Gasteiger partial charge on any atom is 0.255 e. The summed E-state index contributed by atoms with van der Waals surface area (Å²) in [5, 5.41) is 5.34. The molecule has 0 spiro atoms. The number of ether oxygens (including phenoxy) is 1. The van der Waals surface area contributed by atoms with Gasteiger partial charge >= 0.3 is 0 Å². The number of carbonyl (C=O) groups is 2. The molecular formula is C17H18N2O3. The van der Waals surface area contributed by atoms with Crippen molar-refractivity contribution in [3.05, 3.63) is 59.2 Å². The standard InChI is InChI=1S/C17H18N2O3/c1-11-5-4-6-12(9-11)17(21)19-14-8-7-13(16(20)18-2)10-15(14)22-3/h4-10H,1-3H3,(H,18,20)(H,19,21). The van der Waals surface area contributed by atoms with Gasteiger partial charge in [-0.05, 0) is 37.3 Å². The predicted octanol–water partition coefficient (Wildman–Crippen LogP) is 2.62. The first-order chi connectivity index (χ1) is 10.5. The smallest absolute Gasteiger partial charge is 0.255 e. The van der Waals surface area contributed by atoms with Crippen molar-refractivity contribution in [2.45, 2.75) is 6.92 Å². The minimum absolute atomic E-state index is 0.213. The lowest BCUT2D eigenvalue weighted by Crippen LogP contribution is -2.18. The van der Waals surface area contributed by atoms with Crippen molar-refractivity contribution >= 4 is 17.5 Å². The number of rotatable bonds is 4. The van der Waals surface area contributed by atoms with Crippen molar-refractivity contribution in [1.29, 1.82) is 0 Å². The third kappa shape index (κ3) is 3.44. The highest BCUT2D eigenvalue weighted by Gasteiger charge is 2.12. The van der Waals surface area contributed by atoms with Crippen molar-refractivity contribution < 1.29 is 14.3 Å². The summed E-state index contributed by atoms with van der Waals surface area (Å²) in [6.45, 7) is 1.93. The van der Waals surface area contributed by atoms with E-state index in [1.165, 1.54) is 7.11 Å². The van der Waals surface area contributed by atoms with Gasteiger partial charge in [0.25, 0.3) is 11.8 Å². The normalized spacial score (nSPS) is 9.95. The van der Waals surface area contributed by atoms with Gasteiger partial charge in [-0.3, -0.25) is 9.59 Å². The summed E-state index contributed by atoms with van der Waals surface area (Å²) in [5.41, 5.74) is 2.56. The quantitative estimate of drug-likeness (QED) is 0.911. The summed E-state index contributed by atoms with van der Waals surface area (Å²) in [6.07, 6.45) is 0. The van der Waals surface area contributed by atoms with E-state index in [1.54, 1.807) is 37.4 Å². The predicted molar refractivity (Wildman–Crippen MR) is 85.5 cm³/mol. The molecule has 2 N–H and O–H groups in total. The Morgan fingerprint density at radius 2 is 1.73 bits per heavy atom. The van der Waals surface area contributed by atoms with Crippen LogP contribution in [-0.2, 0) is 0 Å². The van der Waals surface area contributed by atoms with E-state index in [0.29, 0.717) is 22.6 Å². The topological polar surface area (TPSA) is 67.4 Å². The van der Waals surface area contributed by atoms with Gasteiger partial charge in [0.1, 0.15) is 5.75 Å². The molecule has 2 aromatic rings. The van der Waals surface area contributed by atoms with Crippen molar-refractivity contribution in [2.75, 3.05) is 19.5 Å². The SMILES string of the molecule is CNC(=O)c1ccc(NC(=O)c2cccc(C)c2)c(OC)c1. The molecule has 0 radical (unpaired) electrons. The molecule has 5 heteroatoms. The van der Waals surface area contributed by atoms with E-state index in [2.05, 4.69) is 10.6 Å². The van der Waals surface area contributed by atoms with Crippen LogP contribution in [0.4, 0.5) is 5.69 Å². The van der Waals surface area contributed by atoms with Crippen molar-refractivity contribution in [1.82, 2.24) is 5.32 Å². The van der Waals surface area contributed by atoms with Gasteiger partial charge in [-0.2, -0.15) is 0 Å². The van der Waals surface area contributed by atoms with Gasteiger partial charge in [-0.1, -0.05) is 17.7 Å². The lowest BCUT2D eigenvalue weighted by Gasteiger charge is -2.12. The number of aryl methyl sites for hydroxylation is 1. The molecule has 2 amide bonds. The van der Waals surface area contributed by atoms with Crippen LogP contribution in [0.5, 0.6) is 5.75 Å². The molecule has 0 aliphatic rings. The zero-order valence-electron chi connectivity index (χ0n) is 12.8. The summed E-state index contributed by atoms with van der Waals surface area (Å²) >= 11 is 0. The Balaban J connectivity index is 2.25. The molecule has 0 heterocycles. The fourth-order valence-electron chi connectivity index (χ4n) is 2.06. The molecule has 0 bridgehead atoms. The first-order valence-electron chi connectivity index (χ1n) is 6.83. The molecule has 0 unspecified atom stereocenters. The molecule has 0 fully saturated rings. The minimum atomic E-state index is -0.227. The second kappa shape index (κ2) is 6.76. The molecule has 0 aliphatic carbocycles. The zero-order valence-corrected chi connectivity index (χ0v) is 12.8. The zero-order chi connectivity index (χ0) is 16.1. The Kier molecular flexibility index (Phi) is 4.78. The first-order valence-corrected chi connectivity index (χ1v) is 6.83. The number of carbonyl (C=O) groups excluding carboxylic acids is 2. The van der Waals surface area contributed by atoms with Crippen LogP contribution >= 0.6 is 0 Å². The van der Waals surface area contributed by atoms with E-state index in [0.717, 1.165) is 5.56 Å². The van der Waals surface area contributed by atoms with E-state index in [-0.39, 0.29) is 11.8 Å². The van der Waals surface area contributed by atoms with Crippen LogP contribution in [0.25, 0.3) is 0 Å². The van der Waals surface area contributed by atoms with Crippen LogP contribution < -0.4 is 15.4 Å². The summed E-state index contributed by atoms with van der Waals surface area (Å²) in [4.78, 5) is 23.9. The fourth-order valence-corrected chi connectivity index (χ4v) is 2.06. The maximum atomic E-state index is 12.3. The third-order valence-electron chi connectivity index (χ3n) is 3.22. The van der Waals surface area contributed by atoms with E-state index in [4.69, 9.17) is 4.74 Å². The fraction of sp³-hybridized carbons (Fsp3) is 0.176. The number of amides is 2. The van der Waals surface area contributed by atoms with Gasteiger partial charge in [0.15, 0.2) is 0 Å². The molecule has 2 rings (SSSR count). The Hall–Kier alpha value is -2.82. The number of anilines is 1. The number of methoxy groups -OCH3 is 1. The van der Waals surface area contributed by atoms with Crippen LogP contribution in [0.2, 0.25) is 0 Å². The summed E-state index contributed by atoms with van der Waals surface area (Å²) in [5.74, 6) is -0.00773. The second-order valence-electron chi connectivity index (χ2n) is 4.82. The molecule has 5 nitrogen and oxygen atoms in total. The number of hydrogen-bond acceptors (Lipinski definition) is 3. The Morgan fingerprint density at radius 3 is 2.36 bits per heavy atom. The summed E-state index contributed by atoms with van der Waals surface area (Å²) in [7, 11) is 3.05. The van der Waals surface area contributed by atoms with Gasteiger partial charge in [0.05, 0.1) is 12.8 Å². The molecule has 2 aromatic carbocycles. The average molecular weight is 298 g/mol. The van der Waals surface area contributed by atoms with Crippen molar-refractivity contribution in [2.24, 2.45) is 0 Å². The first kappa shape index (κ1) is 15.6. The van der Waals surface area contributed by atoms with E-state index >= 15 is 0 Å². The molecule has 0 atom stereocenters. The highest BCUT2D eigenvalue weighted by atomic mass is 16.5. The number of nitrogens with one attached hydrogen (secondary N) is 2. The van der Waals surface area contributed by atoms with E-state index in [1.807, 2.05) is 19.1 Å². The number of hydrogen-bond donors (Lipinski definition) is 2. The van der Waals surface area contributed by atoms with E-state index in [9.17, 15) is 9.59 Å². The highest BCUT2D eigenvalue weighted by molar-refractivity contribution is 6.05. The van der Waals surface area contributed by atoms with Gasteiger partial charge in [0.2, 0.25) is 0 Å². The second-order valence-corrected chi connectivity index (χ2v) is 4.82. The van der Waals surface area contributed by atoms with Crippen molar-refractivity contribution in [3.8, 4) is 5.75 Å². The maximum absolute atomic E-state index is 12.3. The number of benzene rings is 2. The van der Waals surface area contributed by atoms with Crippen molar-refractivity contribution in [3.63, 3.8) is 0 Å². The third-order valence-corrected chi connectivity index (χ3v) is 3.22. The van der Waals surface area contributed by atoms with Crippen LogP contribution in [0.15, 0.2) is 42.5 Å². The minimum Gasteiger partial charge on any atom is -0.495 e. The average Bonchev–Trinajstić information content (AvgIpc) is 2.54. The Morgan fingerprint density at radius 1 is 1.00 bits per heavy atom. The molecule has 0 saturated heterocycles. The molecule has 22 heavy (non-hydrogen) atoms. The summed E-state index contributed by atoms with van der Waals surface area (Å²) in [6, 6.07) is 12.2. The Labute approximate surface area is 129 Å². The van der Waals surface area contributed by atoms with Gasteiger partial charge in [-0.15, -0.1) is 0 Å². The molecule has 0 saturated carbocycles. The highest BCUT2D eigenvalue weighted by Crippen LogP contribution is 2.26. The molecule has 0 aromatic heterocycles. The van der Waals surface area contributed by atoms with Crippen LogP contribution in [0.3, 0.4) is 0 Å². The molecule has 0 aliphatic heterocycles. The lowest BCUT2D eigenvalue weighted by molar-refractivity contribution is 0.0962. The van der Waals surface area contributed by atoms with Crippen LogP contribution in [0, 0.1) is 6.92 Å². The monoisotopic (exact) mass is 298 g/mol. The van der Waals surface area contributed by atoms with Gasteiger partial charge in [-0.25, -0.2) is 0 Å².